The van der Waals surface area contributed by atoms with Crippen LogP contribution in [0.4, 0.5) is 0 Å². The Balaban J connectivity index is 1.50. The van der Waals surface area contributed by atoms with Crippen LogP contribution in [0.2, 0.25) is 0 Å². The normalized spacial score (nSPS) is 14.9. The number of nitrogens with zero attached hydrogens (tertiary/aromatic N) is 4. The van der Waals surface area contributed by atoms with Crippen molar-refractivity contribution in [2.75, 3.05) is 0 Å². The highest BCUT2D eigenvalue weighted by Crippen LogP contribution is 2.36. The van der Waals surface area contributed by atoms with E-state index < -0.39 is 0 Å². The molecule has 1 saturated carbocycles. The lowest BCUT2D eigenvalue weighted by Gasteiger charge is -2.23. The molecular weight excluding hydrogens is 458 g/mol. The van der Waals surface area contributed by atoms with Gasteiger partial charge in [0.1, 0.15) is 11.3 Å². The Kier molecular flexibility index (Phi) is 7.24. The lowest BCUT2D eigenvalue weighted by atomic mass is 9.82. The molecule has 0 saturated heterocycles. The molecule has 0 unspecified atom stereocenters. The van der Waals surface area contributed by atoms with E-state index in [1.807, 2.05) is 6.92 Å². The summed E-state index contributed by atoms with van der Waals surface area (Å²) in [5.41, 5.74) is 18.4. The van der Waals surface area contributed by atoms with E-state index in [0.29, 0.717) is 11.8 Å². The minimum atomic E-state index is 0.381. The fourth-order valence-electron chi connectivity index (χ4n) is 5.70. The van der Waals surface area contributed by atoms with Crippen LogP contribution in [0.5, 0.6) is 0 Å². The summed E-state index contributed by atoms with van der Waals surface area (Å²) >= 11 is 0. The number of amidine groups is 1. The summed E-state index contributed by atoms with van der Waals surface area (Å²) < 4.78 is 2.25. The number of hydrogen-bond donors (Lipinski definition) is 3. The molecule has 0 atom stereocenters. The first kappa shape index (κ1) is 25.0. The Morgan fingerprint density at radius 3 is 2.49 bits per heavy atom. The molecule has 0 radical (unpaired) electrons. The van der Waals surface area contributed by atoms with Crippen molar-refractivity contribution in [2.24, 2.45) is 16.7 Å². The lowest BCUT2D eigenvalue weighted by Crippen LogP contribution is -2.23. The number of hydrogen-bond acceptors (Lipinski definition) is 5. The van der Waals surface area contributed by atoms with Gasteiger partial charge in [0.25, 0.3) is 0 Å². The summed E-state index contributed by atoms with van der Waals surface area (Å²) in [6.07, 6.45) is 7.29. The van der Waals surface area contributed by atoms with E-state index in [9.17, 15) is 0 Å². The molecule has 0 aliphatic heterocycles. The molecule has 2 aromatic heterocycles. The van der Waals surface area contributed by atoms with E-state index in [0.717, 1.165) is 52.3 Å². The molecular formula is C30H37N7. The Labute approximate surface area is 219 Å². The third-order valence-corrected chi connectivity index (χ3v) is 7.60. The van der Waals surface area contributed by atoms with Crippen LogP contribution in [0.25, 0.3) is 22.3 Å². The number of aryl methyl sites for hydroxylation is 3. The zero-order chi connectivity index (χ0) is 25.9. The Morgan fingerprint density at radius 1 is 1.03 bits per heavy atom. The minimum Gasteiger partial charge on any atom is -0.382 e. The smallest absolute Gasteiger partial charge is 0.160 e. The molecule has 1 fully saturated rings. The van der Waals surface area contributed by atoms with Crippen LogP contribution in [-0.4, -0.2) is 20.4 Å². The average Bonchev–Trinajstić information content (AvgIpc) is 3.27. The molecule has 2 heterocycles. The highest BCUT2D eigenvalue weighted by Gasteiger charge is 2.19. The van der Waals surface area contributed by atoms with Gasteiger partial charge in [0.05, 0.1) is 6.54 Å². The van der Waals surface area contributed by atoms with Gasteiger partial charge >= 0.3 is 0 Å². The van der Waals surface area contributed by atoms with Crippen LogP contribution in [0.1, 0.15) is 78.7 Å². The van der Waals surface area contributed by atoms with E-state index in [4.69, 9.17) is 21.5 Å². The first-order valence-corrected chi connectivity index (χ1v) is 13.3. The number of pyridine rings is 1. The van der Waals surface area contributed by atoms with Crippen molar-refractivity contribution < 1.29 is 0 Å². The van der Waals surface area contributed by atoms with Gasteiger partial charge in [-0.2, -0.15) is 0 Å². The van der Waals surface area contributed by atoms with Crippen LogP contribution < -0.4 is 17.1 Å². The molecule has 4 aromatic rings. The van der Waals surface area contributed by atoms with E-state index in [1.54, 1.807) is 0 Å². The van der Waals surface area contributed by atoms with E-state index in [-0.39, 0.29) is 0 Å². The number of nitrogens with one attached hydrogen (secondary N) is 1. The third-order valence-electron chi connectivity index (χ3n) is 7.60. The molecule has 7 nitrogen and oxygen atoms in total. The second-order valence-electron chi connectivity index (χ2n) is 10.2. The number of fused-ring (bicyclic) bond motifs is 1. The first-order chi connectivity index (χ1) is 18.0. The second-order valence-corrected chi connectivity index (χ2v) is 10.2. The highest BCUT2D eigenvalue weighted by molar-refractivity contribution is 6.03. The average molecular weight is 496 g/mol. The zero-order valence-electron chi connectivity index (χ0n) is 22.1. The quantitative estimate of drug-likeness (QED) is 0.137. The maximum absolute atomic E-state index is 6.29. The number of rotatable bonds is 7. The van der Waals surface area contributed by atoms with E-state index >= 15 is 0 Å². The summed E-state index contributed by atoms with van der Waals surface area (Å²) in [6.45, 7) is 7.02. The number of hydrazine groups is 1. The van der Waals surface area contributed by atoms with Gasteiger partial charge < -0.3 is 10.3 Å². The molecule has 1 aliphatic rings. The van der Waals surface area contributed by atoms with Gasteiger partial charge in [-0.3, -0.25) is 0 Å². The van der Waals surface area contributed by atoms with Gasteiger partial charge in [0.15, 0.2) is 11.5 Å². The number of imidazole rings is 1. The molecule has 0 bridgehead atoms. The summed E-state index contributed by atoms with van der Waals surface area (Å²) in [5.74, 6) is 7.48. The van der Waals surface area contributed by atoms with Crippen molar-refractivity contribution in [3.63, 3.8) is 0 Å². The Hall–Kier alpha value is -3.71. The van der Waals surface area contributed by atoms with Crippen LogP contribution in [0.15, 0.2) is 53.6 Å². The zero-order valence-corrected chi connectivity index (χ0v) is 22.1. The molecule has 7 heteroatoms. The summed E-state index contributed by atoms with van der Waals surface area (Å²) in [4.78, 5) is 9.72. The van der Waals surface area contributed by atoms with Gasteiger partial charge in [-0.05, 0) is 66.5 Å². The SMILES string of the molecule is CCc1nc2c(C)cc(C)nc2n1Cc1ccc(-c2cc(C3CCCCC3)ccc2/C(N)=N/NN)cc1. The van der Waals surface area contributed by atoms with Crippen LogP contribution in [-0.2, 0) is 13.0 Å². The van der Waals surface area contributed by atoms with Crippen LogP contribution >= 0.6 is 0 Å². The van der Waals surface area contributed by atoms with Crippen molar-refractivity contribution in [3.05, 3.63) is 82.3 Å². The molecule has 192 valence electrons. The lowest BCUT2D eigenvalue weighted by molar-refractivity contribution is 0.443. The number of aromatic nitrogens is 3. The molecule has 1 aliphatic carbocycles. The summed E-state index contributed by atoms with van der Waals surface area (Å²) in [6, 6.07) is 17.4. The predicted molar refractivity (Wildman–Crippen MR) is 151 cm³/mol. The largest absolute Gasteiger partial charge is 0.382 e. The van der Waals surface area contributed by atoms with Crippen molar-refractivity contribution in [1.29, 1.82) is 0 Å². The predicted octanol–water partition coefficient (Wildman–Crippen LogP) is 5.46. The second kappa shape index (κ2) is 10.7. The summed E-state index contributed by atoms with van der Waals surface area (Å²) in [5, 5.41) is 4.06. The fraction of sp³-hybridized carbons (Fsp3) is 0.367. The monoisotopic (exact) mass is 495 g/mol. The number of benzene rings is 2. The summed E-state index contributed by atoms with van der Waals surface area (Å²) in [7, 11) is 0. The molecule has 5 N–H and O–H groups in total. The third kappa shape index (κ3) is 5.09. The maximum atomic E-state index is 6.29. The molecule has 0 spiro atoms. The minimum absolute atomic E-state index is 0.381. The topological polar surface area (TPSA) is 107 Å². The molecule has 2 aromatic carbocycles. The number of hydrazone groups is 1. The first-order valence-electron chi connectivity index (χ1n) is 13.3. The molecule has 5 rings (SSSR count). The fourth-order valence-corrected chi connectivity index (χ4v) is 5.70. The standard InChI is InChI=1S/C30H37N7/c1-4-27-34-28-19(2)16-20(3)33-30(28)37(27)18-21-10-12-23(13-11-21)26-17-24(22-8-6-5-7-9-22)14-15-25(26)29(31)35-36-32/h10-17,22,36H,4-9,18,32H2,1-3H3,(H2,31,35). The molecule has 0 amide bonds. The highest BCUT2D eigenvalue weighted by atomic mass is 15.5. The van der Waals surface area contributed by atoms with Gasteiger partial charge in [-0.1, -0.05) is 68.7 Å². The van der Waals surface area contributed by atoms with Crippen molar-refractivity contribution in [3.8, 4) is 11.1 Å². The van der Waals surface area contributed by atoms with Crippen molar-refractivity contribution in [2.45, 2.75) is 71.8 Å². The van der Waals surface area contributed by atoms with Gasteiger partial charge in [-0.25, -0.2) is 21.3 Å². The van der Waals surface area contributed by atoms with Crippen molar-refractivity contribution in [1.82, 2.24) is 20.1 Å². The van der Waals surface area contributed by atoms with Gasteiger partial charge in [0.2, 0.25) is 0 Å². The number of nitrogens with two attached hydrogens (primary N) is 2. The maximum Gasteiger partial charge on any atom is 0.160 e. The van der Waals surface area contributed by atoms with Gasteiger partial charge in [0, 0.05) is 17.7 Å². The molecule has 37 heavy (non-hydrogen) atoms. The van der Waals surface area contributed by atoms with E-state index in [2.05, 4.69) is 77.6 Å². The van der Waals surface area contributed by atoms with Crippen molar-refractivity contribution >= 4 is 17.0 Å². The Morgan fingerprint density at radius 2 is 1.78 bits per heavy atom. The van der Waals surface area contributed by atoms with Crippen LogP contribution in [0.3, 0.4) is 0 Å². The van der Waals surface area contributed by atoms with Gasteiger partial charge in [-0.15, -0.1) is 5.10 Å². The van der Waals surface area contributed by atoms with Crippen LogP contribution in [0, 0.1) is 13.8 Å². The Bertz CT molecular complexity index is 1430. The van der Waals surface area contributed by atoms with E-state index in [1.165, 1.54) is 48.8 Å².